The lowest BCUT2D eigenvalue weighted by atomic mass is 10.0. The van der Waals surface area contributed by atoms with Crippen molar-refractivity contribution in [2.24, 2.45) is 0 Å². The van der Waals surface area contributed by atoms with E-state index in [0.717, 1.165) is 11.1 Å². The van der Waals surface area contributed by atoms with Crippen molar-refractivity contribution in [3.63, 3.8) is 0 Å². The van der Waals surface area contributed by atoms with Gasteiger partial charge in [0.15, 0.2) is 15.6 Å². The molecule has 1 aromatic carbocycles. The molecule has 2 atom stereocenters. The molecule has 0 saturated heterocycles. The van der Waals surface area contributed by atoms with E-state index in [4.69, 9.17) is 0 Å². The lowest BCUT2D eigenvalue weighted by molar-refractivity contribution is 0.0990. The fraction of sp³-hybridized carbons (Fsp3) is 0.533. The summed E-state index contributed by atoms with van der Waals surface area (Å²) in [5.74, 6) is -0.304. The van der Waals surface area contributed by atoms with Crippen LogP contribution in [0.2, 0.25) is 0 Å². The summed E-state index contributed by atoms with van der Waals surface area (Å²) in [4.78, 5) is 12.4. The maximum Gasteiger partial charge on any atom is 0.180 e. The SMILES string of the molecule is CCC(C)S(=O)(=O)C(C)C(=O)c1cc(C)ccc1C. The molecule has 106 valence electrons. The summed E-state index contributed by atoms with van der Waals surface area (Å²) in [5, 5.41) is -1.47. The van der Waals surface area contributed by atoms with Gasteiger partial charge in [-0.1, -0.05) is 24.6 Å². The van der Waals surface area contributed by atoms with Gasteiger partial charge in [0.25, 0.3) is 0 Å². The molecule has 2 unspecified atom stereocenters. The standard InChI is InChI=1S/C15H22O3S/c1-6-12(4)19(17,18)13(5)15(16)14-9-10(2)7-8-11(14)3/h7-9,12-13H,6H2,1-5H3. The van der Waals surface area contributed by atoms with Gasteiger partial charge in [-0.25, -0.2) is 8.42 Å². The molecule has 0 aliphatic carbocycles. The molecule has 0 aliphatic heterocycles. The molecule has 0 saturated carbocycles. The van der Waals surface area contributed by atoms with Crippen LogP contribution in [0.25, 0.3) is 0 Å². The minimum absolute atomic E-state index is 0.304. The number of rotatable bonds is 5. The van der Waals surface area contributed by atoms with Crippen LogP contribution >= 0.6 is 0 Å². The first-order valence-electron chi connectivity index (χ1n) is 6.56. The number of hydrogen-bond donors (Lipinski definition) is 0. The van der Waals surface area contributed by atoms with Crippen LogP contribution in [0.3, 0.4) is 0 Å². The summed E-state index contributed by atoms with van der Waals surface area (Å²) in [6.07, 6.45) is 0.521. The van der Waals surface area contributed by atoms with E-state index < -0.39 is 20.3 Å². The molecule has 0 N–H and O–H groups in total. The van der Waals surface area contributed by atoms with Crippen molar-refractivity contribution in [1.82, 2.24) is 0 Å². The van der Waals surface area contributed by atoms with Crippen LogP contribution in [-0.4, -0.2) is 24.7 Å². The van der Waals surface area contributed by atoms with Gasteiger partial charge < -0.3 is 0 Å². The average molecular weight is 282 g/mol. The van der Waals surface area contributed by atoms with E-state index in [1.54, 1.807) is 13.0 Å². The number of Topliss-reactive ketones (excluding diaryl/α,β-unsaturated/α-hetero) is 1. The first-order chi connectivity index (χ1) is 8.71. The van der Waals surface area contributed by atoms with Gasteiger partial charge in [0.05, 0.1) is 5.25 Å². The van der Waals surface area contributed by atoms with Crippen molar-refractivity contribution in [2.45, 2.75) is 51.5 Å². The zero-order chi connectivity index (χ0) is 14.8. The molecule has 0 fully saturated rings. The monoisotopic (exact) mass is 282 g/mol. The molecule has 1 aromatic rings. The molecule has 0 amide bonds. The third-order valence-corrected chi connectivity index (χ3v) is 6.31. The van der Waals surface area contributed by atoms with E-state index in [0.29, 0.717) is 12.0 Å². The Bertz CT molecular complexity index is 573. The van der Waals surface area contributed by atoms with E-state index in [-0.39, 0.29) is 5.78 Å². The topological polar surface area (TPSA) is 51.2 Å². The lowest BCUT2D eigenvalue weighted by Crippen LogP contribution is -2.34. The number of ketones is 1. The second-order valence-corrected chi connectivity index (χ2v) is 7.82. The molecule has 3 nitrogen and oxygen atoms in total. The maximum absolute atomic E-state index is 12.4. The molecular weight excluding hydrogens is 260 g/mol. The van der Waals surface area contributed by atoms with Crippen LogP contribution in [0, 0.1) is 13.8 Å². The minimum atomic E-state index is -3.42. The van der Waals surface area contributed by atoms with E-state index in [1.165, 1.54) is 6.92 Å². The zero-order valence-corrected chi connectivity index (χ0v) is 13.0. The predicted octanol–water partition coefficient (Wildman–Crippen LogP) is 3.09. The highest BCUT2D eigenvalue weighted by Gasteiger charge is 2.33. The first-order valence-corrected chi connectivity index (χ1v) is 8.17. The highest BCUT2D eigenvalue weighted by atomic mass is 32.2. The average Bonchev–Trinajstić information content (AvgIpc) is 2.38. The summed E-state index contributed by atoms with van der Waals surface area (Å²) in [6, 6.07) is 5.53. The van der Waals surface area contributed by atoms with E-state index in [9.17, 15) is 13.2 Å². The van der Waals surface area contributed by atoms with Crippen molar-refractivity contribution in [3.05, 3.63) is 34.9 Å². The van der Waals surface area contributed by atoms with Gasteiger partial charge in [0.2, 0.25) is 0 Å². The number of carbonyl (C=O) groups is 1. The van der Waals surface area contributed by atoms with Gasteiger partial charge in [-0.05, 0) is 45.7 Å². The van der Waals surface area contributed by atoms with Gasteiger partial charge in [-0.15, -0.1) is 0 Å². The first kappa shape index (κ1) is 15.9. The third-order valence-electron chi connectivity index (χ3n) is 3.66. The van der Waals surface area contributed by atoms with E-state index >= 15 is 0 Å². The minimum Gasteiger partial charge on any atom is -0.293 e. The third kappa shape index (κ3) is 3.24. The molecule has 0 bridgehead atoms. The fourth-order valence-corrected chi connectivity index (χ4v) is 3.54. The highest BCUT2D eigenvalue weighted by molar-refractivity contribution is 7.93. The van der Waals surface area contributed by atoms with Crippen molar-refractivity contribution in [1.29, 1.82) is 0 Å². The number of hydrogen-bond acceptors (Lipinski definition) is 3. The highest BCUT2D eigenvalue weighted by Crippen LogP contribution is 2.19. The van der Waals surface area contributed by atoms with Crippen LogP contribution in [0.4, 0.5) is 0 Å². The summed E-state index contributed by atoms with van der Waals surface area (Å²) < 4.78 is 24.5. The second-order valence-electron chi connectivity index (χ2n) is 5.13. The summed E-state index contributed by atoms with van der Waals surface area (Å²) in [6.45, 7) is 8.68. The Morgan fingerprint density at radius 2 is 1.79 bits per heavy atom. The Kier molecular flexibility index (Phi) is 4.91. The summed E-state index contributed by atoms with van der Waals surface area (Å²) in [7, 11) is -3.42. The Hall–Kier alpha value is -1.16. The Morgan fingerprint density at radius 3 is 2.32 bits per heavy atom. The van der Waals surface area contributed by atoms with E-state index in [1.807, 2.05) is 32.9 Å². The van der Waals surface area contributed by atoms with Crippen LogP contribution in [0.15, 0.2) is 18.2 Å². The number of carbonyl (C=O) groups excluding carboxylic acids is 1. The van der Waals surface area contributed by atoms with Crippen molar-refractivity contribution in [3.8, 4) is 0 Å². The predicted molar refractivity (Wildman–Crippen MR) is 78.4 cm³/mol. The van der Waals surface area contributed by atoms with Crippen molar-refractivity contribution < 1.29 is 13.2 Å². The molecule has 19 heavy (non-hydrogen) atoms. The Morgan fingerprint density at radius 1 is 1.21 bits per heavy atom. The normalized spacial score (nSPS) is 15.0. The number of sulfone groups is 1. The van der Waals surface area contributed by atoms with Gasteiger partial charge in [0.1, 0.15) is 5.25 Å². The molecule has 0 spiro atoms. The number of benzene rings is 1. The second kappa shape index (κ2) is 5.87. The Balaban J connectivity index is 3.17. The Labute approximate surface area is 116 Å². The molecule has 4 heteroatoms. The molecule has 1 rings (SSSR count). The van der Waals surface area contributed by atoms with Crippen molar-refractivity contribution in [2.75, 3.05) is 0 Å². The van der Waals surface area contributed by atoms with Crippen molar-refractivity contribution >= 4 is 15.6 Å². The molecule has 0 aromatic heterocycles. The number of aryl methyl sites for hydroxylation is 2. The molecular formula is C15H22O3S. The molecule has 0 heterocycles. The largest absolute Gasteiger partial charge is 0.293 e. The van der Waals surface area contributed by atoms with Gasteiger partial charge in [0, 0.05) is 5.56 Å². The lowest BCUT2D eigenvalue weighted by Gasteiger charge is -2.17. The molecule has 0 radical (unpaired) electrons. The van der Waals surface area contributed by atoms with Crippen LogP contribution in [0.5, 0.6) is 0 Å². The summed E-state index contributed by atoms with van der Waals surface area (Å²) >= 11 is 0. The molecule has 0 aliphatic rings. The smallest absolute Gasteiger partial charge is 0.180 e. The quantitative estimate of drug-likeness (QED) is 0.780. The summed E-state index contributed by atoms with van der Waals surface area (Å²) in [5.41, 5.74) is 2.29. The van der Waals surface area contributed by atoms with Crippen LogP contribution < -0.4 is 0 Å². The maximum atomic E-state index is 12.4. The van der Waals surface area contributed by atoms with E-state index in [2.05, 4.69) is 0 Å². The van der Waals surface area contributed by atoms with Gasteiger partial charge >= 0.3 is 0 Å². The fourth-order valence-electron chi connectivity index (χ4n) is 1.95. The van der Waals surface area contributed by atoms with Crippen LogP contribution in [0.1, 0.15) is 48.7 Å². The van der Waals surface area contributed by atoms with Crippen LogP contribution in [-0.2, 0) is 9.84 Å². The van der Waals surface area contributed by atoms with Gasteiger partial charge in [-0.2, -0.15) is 0 Å². The zero-order valence-electron chi connectivity index (χ0n) is 12.2. The van der Waals surface area contributed by atoms with Gasteiger partial charge in [-0.3, -0.25) is 4.79 Å².